The molecule has 32 heavy (non-hydrogen) atoms. The molecule has 9 heteroatoms. The van der Waals surface area contributed by atoms with Gasteiger partial charge in [-0.15, -0.1) is 23.7 Å². The second-order valence-electron chi connectivity index (χ2n) is 8.18. The van der Waals surface area contributed by atoms with Crippen molar-refractivity contribution in [3.8, 4) is 17.3 Å². The highest BCUT2D eigenvalue weighted by atomic mass is 35.5. The predicted octanol–water partition coefficient (Wildman–Crippen LogP) is 6.60. The molecule has 0 aliphatic rings. The number of anilines is 2. The Morgan fingerprint density at radius 2 is 1.97 bits per heavy atom. The Hall–Kier alpha value is -2.32. The zero-order chi connectivity index (χ0) is 22.0. The van der Waals surface area contributed by atoms with E-state index in [-0.39, 0.29) is 12.4 Å². The number of aromatic nitrogens is 3. The Balaban J connectivity index is 0.00000289. The molecule has 4 rings (SSSR count). The van der Waals surface area contributed by atoms with Crippen molar-refractivity contribution in [1.29, 1.82) is 0 Å². The number of nitrogens with zero attached hydrogens (tertiary/aromatic N) is 3. The number of fused-ring (bicyclic) bond motifs is 1. The lowest BCUT2D eigenvalue weighted by molar-refractivity contribution is 0.272. The van der Waals surface area contributed by atoms with Gasteiger partial charge in [0.15, 0.2) is 11.0 Å². The van der Waals surface area contributed by atoms with Crippen LogP contribution in [0.5, 0.6) is 5.75 Å². The fraction of sp³-hybridized carbons (Fsp3) is 0.304. The fourth-order valence-corrected chi connectivity index (χ4v) is 4.05. The van der Waals surface area contributed by atoms with E-state index in [2.05, 4.69) is 61.3 Å². The molecule has 0 aliphatic heterocycles. The van der Waals surface area contributed by atoms with Gasteiger partial charge in [-0.2, -0.15) is 0 Å². The highest BCUT2D eigenvalue weighted by molar-refractivity contribution is 7.14. The third kappa shape index (κ3) is 5.92. The van der Waals surface area contributed by atoms with E-state index < -0.39 is 0 Å². The molecule has 0 radical (unpaired) electrons. The minimum Gasteiger partial charge on any atom is -0.491 e. The molecule has 0 amide bonds. The van der Waals surface area contributed by atoms with Crippen molar-refractivity contribution < 1.29 is 4.74 Å². The normalized spacial score (nSPS) is 11.2. The van der Waals surface area contributed by atoms with Gasteiger partial charge < -0.3 is 19.9 Å². The average Bonchev–Trinajstić information content (AvgIpc) is 3.33. The van der Waals surface area contributed by atoms with Gasteiger partial charge in [-0.3, -0.25) is 0 Å². The van der Waals surface area contributed by atoms with Crippen LogP contribution in [0.2, 0.25) is 5.02 Å². The quantitative estimate of drug-likeness (QED) is 0.290. The first-order valence-electron chi connectivity index (χ1n) is 10.2. The minimum atomic E-state index is 0. The molecule has 0 saturated carbocycles. The molecule has 0 fully saturated rings. The van der Waals surface area contributed by atoms with Gasteiger partial charge in [-0.1, -0.05) is 31.5 Å². The van der Waals surface area contributed by atoms with Crippen LogP contribution in [0.4, 0.5) is 10.8 Å². The van der Waals surface area contributed by atoms with Crippen molar-refractivity contribution in [3.63, 3.8) is 0 Å². The Morgan fingerprint density at radius 1 is 1.16 bits per heavy atom. The number of rotatable bonds is 8. The van der Waals surface area contributed by atoms with Crippen LogP contribution in [-0.4, -0.2) is 40.6 Å². The molecule has 2 aromatic heterocycles. The van der Waals surface area contributed by atoms with Gasteiger partial charge in [0.25, 0.3) is 0 Å². The first-order valence-corrected chi connectivity index (χ1v) is 11.4. The summed E-state index contributed by atoms with van der Waals surface area (Å²) in [6.45, 7) is 5.75. The molecule has 2 aromatic carbocycles. The number of benzene rings is 2. The second kappa shape index (κ2) is 10.5. The number of hydrogen-bond donors (Lipinski definition) is 2. The smallest absolute Gasteiger partial charge is 0.187 e. The van der Waals surface area contributed by atoms with Crippen molar-refractivity contribution in [3.05, 3.63) is 52.4 Å². The lowest BCUT2D eigenvalue weighted by atomic mass is 10.2. The first kappa shape index (κ1) is 24.3. The maximum atomic E-state index is 6.21. The number of halogens is 2. The summed E-state index contributed by atoms with van der Waals surface area (Å²) in [4.78, 5) is 15.0. The summed E-state index contributed by atoms with van der Waals surface area (Å²) in [5.41, 5.74) is 4.76. The molecular formula is C23H27Cl2N5OS. The Bertz CT molecular complexity index is 1190. The molecule has 2 heterocycles. The summed E-state index contributed by atoms with van der Waals surface area (Å²) >= 11 is 7.72. The van der Waals surface area contributed by atoms with E-state index in [1.165, 1.54) is 16.9 Å². The number of imidazole rings is 1. The average molecular weight is 492 g/mol. The van der Waals surface area contributed by atoms with Crippen LogP contribution in [-0.2, 0) is 6.54 Å². The van der Waals surface area contributed by atoms with Crippen molar-refractivity contribution in [2.45, 2.75) is 20.4 Å². The van der Waals surface area contributed by atoms with E-state index in [1.54, 1.807) is 0 Å². The summed E-state index contributed by atoms with van der Waals surface area (Å²) < 4.78 is 5.93. The summed E-state index contributed by atoms with van der Waals surface area (Å²) in [7, 11) is 4.12. The van der Waals surface area contributed by atoms with Crippen LogP contribution in [0.15, 0.2) is 41.8 Å². The molecule has 170 valence electrons. The summed E-state index contributed by atoms with van der Waals surface area (Å²) in [5.74, 6) is 1.94. The molecule has 0 spiro atoms. The molecule has 0 atom stereocenters. The lowest BCUT2D eigenvalue weighted by Crippen LogP contribution is -2.10. The van der Waals surface area contributed by atoms with Crippen LogP contribution in [0.1, 0.15) is 19.4 Å². The Labute approximate surface area is 203 Å². The molecule has 0 unspecified atom stereocenters. The topological polar surface area (TPSA) is 66.1 Å². The van der Waals surface area contributed by atoms with Crippen LogP contribution >= 0.6 is 35.3 Å². The molecular weight excluding hydrogens is 465 g/mol. The maximum absolute atomic E-state index is 6.21. The minimum absolute atomic E-state index is 0. The lowest BCUT2D eigenvalue weighted by Gasteiger charge is -2.13. The molecule has 0 aliphatic carbocycles. The number of ether oxygens (including phenoxy) is 1. The van der Waals surface area contributed by atoms with Crippen LogP contribution < -0.4 is 10.1 Å². The number of hydrogen-bond acceptors (Lipinski definition) is 6. The van der Waals surface area contributed by atoms with Gasteiger partial charge in [0.2, 0.25) is 0 Å². The molecule has 6 nitrogen and oxygen atoms in total. The highest BCUT2D eigenvalue weighted by Gasteiger charge is 2.13. The monoisotopic (exact) mass is 491 g/mol. The molecule has 4 aromatic rings. The van der Waals surface area contributed by atoms with E-state index >= 15 is 0 Å². The molecule has 0 saturated heterocycles. The second-order valence-corrected chi connectivity index (χ2v) is 9.48. The third-order valence-corrected chi connectivity index (χ3v) is 5.54. The predicted molar refractivity (Wildman–Crippen MR) is 137 cm³/mol. The molecule has 2 N–H and O–H groups in total. The zero-order valence-electron chi connectivity index (χ0n) is 18.5. The SMILES string of the molecule is CC(C)COc1ccc(Cl)cc1Nc1nc(-c2nc3cc(CN(C)C)ccc3[nH]2)cs1.Cl. The van der Waals surface area contributed by atoms with Gasteiger partial charge in [0.1, 0.15) is 11.4 Å². The standard InChI is InChI=1S/C23H26ClN5OS.ClH/c1-14(2)12-30-21-8-6-16(24)10-19(21)27-23-28-20(13-31-23)22-25-17-7-5-15(11-29(3)4)9-18(17)26-22;/h5-10,13-14H,11-12H2,1-4H3,(H,25,26)(H,27,28);1H. The summed E-state index contributed by atoms with van der Waals surface area (Å²) in [5, 5.41) is 6.72. The van der Waals surface area contributed by atoms with E-state index in [0.29, 0.717) is 17.5 Å². The summed E-state index contributed by atoms with van der Waals surface area (Å²) in [6, 6.07) is 11.9. The molecule has 0 bridgehead atoms. The van der Waals surface area contributed by atoms with Crippen LogP contribution in [0, 0.1) is 5.92 Å². The first-order chi connectivity index (χ1) is 14.9. The van der Waals surface area contributed by atoms with Gasteiger partial charge in [-0.25, -0.2) is 9.97 Å². The summed E-state index contributed by atoms with van der Waals surface area (Å²) in [6.07, 6.45) is 0. The fourth-order valence-electron chi connectivity index (χ4n) is 3.17. The largest absolute Gasteiger partial charge is 0.491 e. The van der Waals surface area contributed by atoms with Gasteiger partial charge in [-0.05, 0) is 55.9 Å². The van der Waals surface area contributed by atoms with Crippen LogP contribution in [0.25, 0.3) is 22.6 Å². The highest BCUT2D eigenvalue weighted by Crippen LogP contribution is 2.33. The number of H-pyrrole nitrogens is 1. The van der Waals surface area contributed by atoms with Gasteiger partial charge >= 0.3 is 0 Å². The van der Waals surface area contributed by atoms with Gasteiger partial charge in [0.05, 0.1) is 23.3 Å². The van der Waals surface area contributed by atoms with E-state index in [1.807, 2.05) is 23.6 Å². The number of aromatic amines is 1. The van der Waals surface area contributed by atoms with Crippen molar-refractivity contribution in [1.82, 2.24) is 19.9 Å². The van der Waals surface area contributed by atoms with Crippen molar-refractivity contribution >= 4 is 57.2 Å². The van der Waals surface area contributed by atoms with Crippen molar-refractivity contribution in [2.75, 3.05) is 26.0 Å². The van der Waals surface area contributed by atoms with Crippen LogP contribution in [0.3, 0.4) is 0 Å². The van der Waals surface area contributed by atoms with E-state index in [4.69, 9.17) is 26.3 Å². The van der Waals surface area contributed by atoms with E-state index in [9.17, 15) is 0 Å². The third-order valence-electron chi connectivity index (χ3n) is 4.55. The van der Waals surface area contributed by atoms with Crippen molar-refractivity contribution in [2.24, 2.45) is 5.92 Å². The van der Waals surface area contributed by atoms with E-state index in [0.717, 1.165) is 45.7 Å². The Kier molecular flexibility index (Phi) is 8.00. The van der Waals surface area contributed by atoms with Gasteiger partial charge in [0, 0.05) is 16.9 Å². The maximum Gasteiger partial charge on any atom is 0.187 e. The number of thiazole rings is 1. The Morgan fingerprint density at radius 3 is 2.72 bits per heavy atom. The zero-order valence-corrected chi connectivity index (χ0v) is 20.9. The number of nitrogens with one attached hydrogen (secondary N) is 2.